The Balaban J connectivity index is 2.03. The first-order valence-corrected chi connectivity index (χ1v) is 33.2. The Morgan fingerprint density at radius 1 is 0.434 bits per heavy atom. The number of rotatable bonds is 58. The Bertz CT molecular complexity index is 1290. The van der Waals surface area contributed by atoms with Crippen LogP contribution in [0.25, 0.3) is 0 Å². The third-order valence-corrected chi connectivity index (χ3v) is 15.9. The highest BCUT2D eigenvalue weighted by Crippen LogP contribution is 2.23. The molecule has 1 aliphatic rings. The Hall–Kier alpha value is -1.59. The van der Waals surface area contributed by atoms with Crippen LogP contribution in [0.4, 0.5) is 0 Å². The van der Waals surface area contributed by atoms with Crippen LogP contribution in [-0.2, 0) is 14.3 Å². The van der Waals surface area contributed by atoms with Crippen molar-refractivity contribution in [1.29, 1.82) is 0 Å². The van der Waals surface area contributed by atoms with Crippen molar-refractivity contribution in [1.82, 2.24) is 5.32 Å². The van der Waals surface area contributed by atoms with Crippen LogP contribution in [-0.4, -0.2) is 87.5 Å². The monoisotopic (exact) mass is 1070 g/mol. The molecule has 7 atom stereocenters. The summed E-state index contributed by atoms with van der Waals surface area (Å²) in [6.45, 7) is 3.76. The minimum absolute atomic E-state index is 0.186. The van der Waals surface area contributed by atoms with Crippen LogP contribution in [0.1, 0.15) is 328 Å². The lowest BCUT2D eigenvalue weighted by molar-refractivity contribution is -0.302. The van der Waals surface area contributed by atoms with Gasteiger partial charge in [-0.15, -0.1) is 0 Å². The van der Waals surface area contributed by atoms with Crippen molar-refractivity contribution in [3.05, 3.63) is 36.5 Å². The maximum Gasteiger partial charge on any atom is 0.220 e. The molecular weight excluding hydrogens is 947 g/mol. The number of unbranched alkanes of at least 4 members (excludes halogenated alkanes) is 44. The molecule has 1 saturated heterocycles. The first-order valence-electron chi connectivity index (χ1n) is 33.2. The van der Waals surface area contributed by atoms with Gasteiger partial charge >= 0.3 is 0 Å². The first-order chi connectivity index (χ1) is 37.3. The van der Waals surface area contributed by atoms with Gasteiger partial charge in [0.15, 0.2) is 6.29 Å². The van der Waals surface area contributed by atoms with Crippen LogP contribution in [0.2, 0.25) is 0 Å². The Labute approximate surface area is 470 Å². The SMILES string of the molecule is CCCCCC/C=C/CC/C=C/CC/C=C/C(O)C(COC1OC(CO)C(O)C(O)C1O)NC(=O)CCCCCCCCCCCCCCCCCCCCCCCCCCCCCCCCCCCCCCCCC. The van der Waals surface area contributed by atoms with Crippen molar-refractivity contribution in [2.24, 2.45) is 0 Å². The fourth-order valence-electron chi connectivity index (χ4n) is 10.7. The van der Waals surface area contributed by atoms with E-state index in [1.807, 2.05) is 6.08 Å². The van der Waals surface area contributed by atoms with Crippen LogP contribution in [0.3, 0.4) is 0 Å². The highest BCUT2D eigenvalue weighted by molar-refractivity contribution is 5.76. The summed E-state index contributed by atoms with van der Waals surface area (Å²) in [6, 6.07) is -0.826. The summed E-state index contributed by atoms with van der Waals surface area (Å²) in [6.07, 6.45) is 68.5. The molecule has 0 aromatic heterocycles. The summed E-state index contributed by atoms with van der Waals surface area (Å²) in [5.74, 6) is -0.186. The van der Waals surface area contributed by atoms with Gasteiger partial charge in [-0.2, -0.15) is 0 Å². The molecule has 0 aromatic rings. The molecule has 76 heavy (non-hydrogen) atoms. The molecule has 7 unspecified atom stereocenters. The van der Waals surface area contributed by atoms with Crippen molar-refractivity contribution >= 4 is 5.91 Å². The fraction of sp³-hybridized carbons (Fsp3) is 0.896. The molecule has 1 rings (SSSR count). The van der Waals surface area contributed by atoms with Crippen molar-refractivity contribution in [2.45, 2.75) is 371 Å². The van der Waals surface area contributed by atoms with Crippen LogP contribution in [0.5, 0.6) is 0 Å². The zero-order chi connectivity index (χ0) is 55.0. The molecule has 0 aromatic carbocycles. The van der Waals surface area contributed by atoms with Crippen LogP contribution >= 0.6 is 0 Å². The van der Waals surface area contributed by atoms with Gasteiger partial charge in [-0.3, -0.25) is 4.79 Å². The van der Waals surface area contributed by atoms with Crippen molar-refractivity contribution in [3.8, 4) is 0 Å². The molecule has 0 aliphatic carbocycles. The second-order valence-electron chi connectivity index (χ2n) is 23.3. The number of carbonyl (C=O) groups excluding carboxylic acids is 1. The van der Waals surface area contributed by atoms with Gasteiger partial charge in [0.25, 0.3) is 0 Å². The predicted molar refractivity (Wildman–Crippen MR) is 323 cm³/mol. The molecule has 1 aliphatic heterocycles. The minimum atomic E-state index is -1.57. The number of amides is 1. The van der Waals surface area contributed by atoms with Gasteiger partial charge in [-0.25, -0.2) is 0 Å². The lowest BCUT2D eigenvalue weighted by atomic mass is 9.99. The number of nitrogens with one attached hydrogen (secondary N) is 1. The number of hydrogen-bond acceptors (Lipinski definition) is 8. The van der Waals surface area contributed by atoms with E-state index in [2.05, 4.69) is 43.5 Å². The van der Waals surface area contributed by atoms with Gasteiger partial charge < -0.3 is 40.3 Å². The average molecular weight is 1070 g/mol. The van der Waals surface area contributed by atoms with E-state index in [1.165, 1.54) is 257 Å². The quantitative estimate of drug-likeness (QED) is 0.0261. The van der Waals surface area contributed by atoms with Crippen LogP contribution < -0.4 is 5.32 Å². The molecule has 9 heteroatoms. The van der Waals surface area contributed by atoms with E-state index in [-0.39, 0.29) is 12.5 Å². The molecule has 1 fully saturated rings. The lowest BCUT2D eigenvalue weighted by Crippen LogP contribution is -2.60. The topological polar surface area (TPSA) is 149 Å². The van der Waals surface area contributed by atoms with E-state index in [0.29, 0.717) is 6.42 Å². The standard InChI is InChI=1S/C67H127NO8/c1-3-5-7-9-11-13-15-17-19-20-21-22-23-24-25-26-27-28-29-30-31-32-33-34-35-36-37-38-39-40-41-42-43-45-47-49-51-53-55-57-63(71)68-60(59-75-67-66(74)65(73)64(72)62(58-69)76-67)61(70)56-54-52-50-48-46-44-18-16-14-12-10-8-6-4-2/h14,16,46,48,54,56,60-62,64-67,69-70,72-74H,3-13,15,17-45,47,49-53,55,57-59H2,1-2H3,(H,68,71)/b16-14+,48-46+,56-54+. The summed E-state index contributed by atoms with van der Waals surface area (Å²) < 4.78 is 11.2. The number of carbonyl (C=O) groups is 1. The fourth-order valence-corrected chi connectivity index (χ4v) is 10.7. The molecule has 0 bridgehead atoms. The Morgan fingerprint density at radius 3 is 1.11 bits per heavy atom. The average Bonchev–Trinajstić information content (AvgIpc) is 3.42. The van der Waals surface area contributed by atoms with E-state index in [4.69, 9.17) is 9.47 Å². The highest BCUT2D eigenvalue weighted by Gasteiger charge is 2.44. The zero-order valence-corrected chi connectivity index (χ0v) is 50.0. The van der Waals surface area contributed by atoms with Gasteiger partial charge in [0.1, 0.15) is 24.4 Å². The third kappa shape index (κ3) is 45.2. The van der Waals surface area contributed by atoms with Gasteiger partial charge in [0, 0.05) is 6.42 Å². The summed E-state index contributed by atoms with van der Waals surface area (Å²) in [5.41, 5.74) is 0. The number of allylic oxidation sites excluding steroid dienone is 5. The zero-order valence-electron chi connectivity index (χ0n) is 50.0. The van der Waals surface area contributed by atoms with Crippen molar-refractivity contribution in [3.63, 3.8) is 0 Å². The van der Waals surface area contributed by atoms with E-state index >= 15 is 0 Å². The molecule has 9 nitrogen and oxygen atoms in total. The molecule has 1 amide bonds. The smallest absolute Gasteiger partial charge is 0.220 e. The normalized spacial score (nSPS) is 19.0. The number of aliphatic hydroxyl groups excluding tert-OH is 5. The molecule has 0 spiro atoms. The molecular formula is C67H127NO8. The molecule has 0 saturated carbocycles. The summed E-state index contributed by atoms with van der Waals surface area (Å²) in [4.78, 5) is 13.1. The number of hydrogen-bond donors (Lipinski definition) is 6. The lowest BCUT2D eigenvalue weighted by Gasteiger charge is -2.40. The maximum absolute atomic E-state index is 13.1. The highest BCUT2D eigenvalue weighted by atomic mass is 16.7. The van der Waals surface area contributed by atoms with Crippen LogP contribution in [0, 0.1) is 0 Å². The first kappa shape index (κ1) is 72.4. The molecule has 0 radical (unpaired) electrons. The Kier molecular flexibility index (Phi) is 54.0. The summed E-state index contributed by atoms with van der Waals surface area (Å²) in [7, 11) is 0. The van der Waals surface area contributed by atoms with Crippen molar-refractivity contribution < 1.29 is 39.8 Å². The van der Waals surface area contributed by atoms with E-state index in [0.717, 1.165) is 51.4 Å². The third-order valence-electron chi connectivity index (χ3n) is 15.9. The van der Waals surface area contributed by atoms with Gasteiger partial charge in [0.05, 0.1) is 25.4 Å². The number of ether oxygens (including phenoxy) is 2. The maximum atomic E-state index is 13.1. The largest absolute Gasteiger partial charge is 0.394 e. The predicted octanol–water partition coefficient (Wildman–Crippen LogP) is 17.5. The second kappa shape index (κ2) is 56.7. The van der Waals surface area contributed by atoms with Crippen molar-refractivity contribution in [2.75, 3.05) is 13.2 Å². The summed E-state index contributed by atoms with van der Waals surface area (Å²) in [5, 5.41) is 54.4. The second-order valence-corrected chi connectivity index (χ2v) is 23.3. The molecule has 1 heterocycles. The number of aliphatic hydroxyl groups is 5. The summed E-state index contributed by atoms with van der Waals surface area (Å²) >= 11 is 0. The van der Waals surface area contributed by atoms with Gasteiger partial charge in [-0.05, 0) is 44.9 Å². The van der Waals surface area contributed by atoms with E-state index in [1.54, 1.807) is 6.08 Å². The van der Waals surface area contributed by atoms with E-state index < -0.39 is 49.5 Å². The Morgan fingerprint density at radius 2 is 0.750 bits per heavy atom. The minimum Gasteiger partial charge on any atom is -0.394 e. The van der Waals surface area contributed by atoms with E-state index in [9.17, 15) is 30.3 Å². The van der Waals surface area contributed by atoms with Gasteiger partial charge in [0.2, 0.25) is 5.91 Å². The van der Waals surface area contributed by atoms with Crippen LogP contribution in [0.15, 0.2) is 36.5 Å². The molecule has 6 N–H and O–H groups in total. The molecule has 448 valence electrons. The van der Waals surface area contributed by atoms with Gasteiger partial charge in [-0.1, -0.05) is 314 Å².